The van der Waals surface area contributed by atoms with E-state index in [-0.39, 0.29) is 24.1 Å². The van der Waals surface area contributed by atoms with Crippen LogP contribution >= 0.6 is 0 Å². The van der Waals surface area contributed by atoms with Gasteiger partial charge in [-0.25, -0.2) is 4.79 Å². The predicted octanol–water partition coefficient (Wildman–Crippen LogP) is 4.95. The van der Waals surface area contributed by atoms with E-state index in [0.29, 0.717) is 5.56 Å². The smallest absolute Gasteiger partial charge is 0.408 e. The summed E-state index contributed by atoms with van der Waals surface area (Å²) in [6.07, 6.45) is 1.15. The number of carbonyl (C=O) groups excluding carboxylic acids is 3. The molecule has 3 atom stereocenters. The number of rotatable bonds is 10. The molecule has 208 valence electrons. The monoisotopic (exact) mass is 525 g/mol. The van der Waals surface area contributed by atoms with Crippen molar-refractivity contribution in [3.05, 3.63) is 64.7 Å². The maximum atomic E-state index is 13.9. The van der Waals surface area contributed by atoms with Gasteiger partial charge in [0.05, 0.1) is 0 Å². The molecule has 0 heterocycles. The van der Waals surface area contributed by atoms with Crippen molar-refractivity contribution in [2.75, 3.05) is 7.05 Å². The fourth-order valence-electron chi connectivity index (χ4n) is 4.44. The first-order chi connectivity index (χ1) is 17.7. The van der Waals surface area contributed by atoms with Gasteiger partial charge in [-0.1, -0.05) is 54.8 Å². The normalized spacial score (nSPS) is 13.7. The number of nitrogens with one attached hydrogen (secondary N) is 2. The van der Waals surface area contributed by atoms with Crippen molar-refractivity contribution in [1.82, 2.24) is 15.5 Å². The van der Waals surface area contributed by atoms with E-state index in [0.717, 1.165) is 29.5 Å². The number of ether oxygens (including phenoxy) is 1. The van der Waals surface area contributed by atoms with Crippen LogP contribution in [0, 0.1) is 13.8 Å². The molecule has 2 aromatic rings. The highest BCUT2D eigenvalue weighted by Crippen LogP contribution is 2.25. The third-order valence-electron chi connectivity index (χ3n) is 6.02. The Morgan fingerprint density at radius 2 is 1.58 bits per heavy atom. The largest absolute Gasteiger partial charge is 0.508 e. The third-order valence-corrected chi connectivity index (χ3v) is 6.02. The number of alkyl carbamates (subject to hydrolysis) is 1. The Balaban J connectivity index is 2.45. The highest BCUT2D eigenvalue weighted by Gasteiger charge is 2.34. The molecule has 0 aliphatic carbocycles. The summed E-state index contributed by atoms with van der Waals surface area (Å²) in [5.41, 5.74) is 2.63. The number of likely N-dealkylation sites (N-methyl/N-ethyl adjacent to an activating group) is 1. The molecule has 0 saturated heterocycles. The Bertz CT molecular complexity index is 1090. The van der Waals surface area contributed by atoms with Crippen LogP contribution in [0.4, 0.5) is 4.79 Å². The Hall–Kier alpha value is -3.55. The molecule has 0 fully saturated rings. The molecule has 0 aliphatic heterocycles. The van der Waals surface area contributed by atoms with E-state index < -0.39 is 29.7 Å². The number of benzene rings is 2. The number of nitrogens with zero attached hydrogens (tertiary/aromatic N) is 1. The highest BCUT2D eigenvalue weighted by atomic mass is 16.6. The van der Waals surface area contributed by atoms with Crippen molar-refractivity contribution in [2.24, 2.45) is 0 Å². The first kappa shape index (κ1) is 30.7. The molecule has 2 rings (SSSR count). The molecule has 8 heteroatoms. The second kappa shape index (κ2) is 13.3. The summed E-state index contributed by atoms with van der Waals surface area (Å²) >= 11 is 0. The number of aromatic hydroxyl groups is 1. The van der Waals surface area contributed by atoms with Crippen LogP contribution in [0.5, 0.6) is 5.75 Å². The zero-order valence-corrected chi connectivity index (χ0v) is 23.9. The van der Waals surface area contributed by atoms with Crippen molar-refractivity contribution in [3.8, 4) is 5.75 Å². The molecule has 0 aliphatic rings. The lowest BCUT2D eigenvalue weighted by Gasteiger charge is -2.32. The van der Waals surface area contributed by atoms with Crippen molar-refractivity contribution >= 4 is 17.9 Å². The van der Waals surface area contributed by atoms with Gasteiger partial charge in [0, 0.05) is 19.5 Å². The van der Waals surface area contributed by atoms with Gasteiger partial charge in [-0.15, -0.1) is 0 Å². The summed E-state index contributed by atoms with van der Waals surface area (Å²) in [6, 6.07) is 10.3. The summed E-state index contributed by atoms with van der Waals surface area (Å²) < 4.78 is 5.42. The molecular weight excluding hydrogens is 482 g/mol. The van der Waals surface area contributed by atoms with Crippen LogP contribution < -0.4 is 10.6 Å². The lowest BCUT2D eigenvalue weighted by molar-refractivity contribution is -0.141. The van der Waals surface area contributed by atoms with Crippen molar-refractivity contribution in [3.63, 3.8) is 0 Å². The van der Waals surface area contributed by atoms with Crippen molar-refractivity contribution < 1.29 is 24.2 Å². The third kappa shape index (κ3) is 9.39. The number of phenols is 1. The number of aryl methyl sites for hydroxylation is 2. The van der Waals surface area contributed by atoms with E-state index in [9.17, 15) is 19.5 Å². The minimum Gasteiger partial charge on any atom is -0.508 e. The molecule has 38 heavy (non-hydrogen) atoms. The van der Waals surface area contributed by atoms with Crippen LogP contribution in [0.2, 0.25) is 0 Å². The average molecular weight is 526 g/mol. The molecule has 0 bridgehead atoms. The molecule has 3 unspecified atom stereocenters. The van der Waals surface area contributed by atoms with Crippen molar-refractivity contribution in [2.45, 2.75) is 91.5 Å². The number of amides is 3. The van der Waals surface area contributed by atoms with E-state index >= 15 is 0 Å². The van der Waals surface area contributed by atoms with E-state index in [4.69, 9.17) is 4.74 Å². The number of hydrogen-bond acceptors (Lipinski definition) is 5. The van der Waals surface area contributed by atoms with Crippen molar-refractivity contribution in [1.29, 1.82) is 0 Å². The fraction of sp³-hybridized carbons (Fsp3) is 0.500. The van der Waals surface area contributed by atoms with Crippen LogP contribution in [-0.4, -0.2) is 52.6 Å². The van der Waals surface area contributed by atoms with E-state index in [1.165, 1.54) is 17.0 Å². The molecule has 3 N–H and O–H groups in total. The topological polar surface area (TPSA) is 108 Å². The number of phenolic OH excluding ortho intramolecular Hbond substituents is 1. The number of carbonyl (C=O) groups is 3. The first-order valence-corrected chi connectivity index (χ1v) is 13.1. The Kier molecular flexibility index (Phi) is 10.7. The maximum Gasteiger partial charge on any atom is 0.408 e. The average Bonchev–Trinajstić information content (AvgIpc) is 2.78. The second-order valence-corrected chi connectivity index (χ2v) is 11.0. The number of hydrogen-bond donors (Lipinski definition) is 3. The zero-order valence-electron chi connectivity index (χ0n) is 23.9. The Morgan fingerprint density at radius 3 is 2.11 bits per heavy atom. The van der Waals surface area contributed by atoms with E-state index in [1.807, 2.05) is 39.0 Å². The minimum absolute atomic E-state index is 0.0583. The van der Waals surface area contributed by atoms with Gasteiger partial charge in [0.15, 0.2) is 0 Å². The molecule has 0 saturated carbocycles. The minimum atomic E-state index is -1.01. The van der Waals surface area contributed by atoms with Crippen LogP contribution in [-0.2, 0) is 20.7 Å². The molecule has 3 amide bonds. The Morgan fingerprint density at radius 1 is 1.00 bits per heavy atom. The van der Waals surface area contributed by atoms with Crippen LogP contribution in [0.1, 0.15) is 75.8 Å². The molecule has 8 nitrogen and oxygen atoms in total. The molecule has 0 aromatic heterocycles. The van der Waals surface area contributed by atoms with Gasteiger partial charge in [0.1, 0.15) is 23.4 Å². The van der Waals surface area contributed by atoms with E-state index in [1.54, 1.807) is 40.0 Å². The fourth-order valence-corrected chi connectivity index (χ4v) is 4.44. The molecular formula is C30H43N3O5. The molecule has 0 spiro atoms. The van der Waals surface area contributed by atoms with Crippen LogP contribution in [0.15, 0.2) is 42.5 Å². The lowest BCUT2D eigenvalue weighted by atomic mass is 9.97. The van der Waals surface area contributed by atoms with Gasteiger partial charge in [-0.05, 0) is 71.2 Å². The second-order valence-electron chi connectivity index (χ2n) is 11.0. The lowest BCUT2D eigenvalue weighted by Crippen LogP contribution is -2.53. The standard InChI is InChI=1S/C30H43N3O5/c1-9-10-21(4)31-27(35)26(23-16-19(2)15-20(3)17-23)33(8)28(36)25(32-29(37)38-30(5,6)7)18-22-11-13-24(34)14-12-22/h11-17,21,25-26,34H,9-10,18H2,1-8H3,(H,31,35)(H,32,37). The molecule has 0 radical (unpaired) electrons. The summed E-state index contributed by atoms with van der Waals surface area (Å²) in [7, 11) is 1.58. The first-order valence-electron chi connectivity index (χ1n) is 13.1. The van der Waals surface area contributed by atoms with Crippen LogP contribution in [0.25, 0.3) is 0 Å². The highest BCUT2D eigenvalue weighted by molar-refractivity contribution is 5.92. The summed E-state index contributed by atoms with van der Waals surface area (Å²) in [5, 5.41) is 15.4. The summed E-state index contributed by atoms with van der Waals surface area (Å²) in [4.78, 5) is 41.6. The summed E-state index contributed by atoms with van der Waals surface area (Å²) in [6.45, 7) is 13.1. The molecule has 2 aromatic carbocycles. The van der Waals surface area contributed by atoms with Gasteiger partial charge >= 0.3 is 6.09 Å². The maximum absolute atomic E-state index is 13.9. The van der Waals surface area contributed by atoms with Crippen LogP contribution in [0.3, 0.4) is 0 Å². The summed E-state index contributed by atoms with van der Waals surface area (Å²) in [5.74, 6) is -0.625. The van der Waals surface area contributed by atoms with E-state index in [2.05, 4.69) is 17.6 Å². The van der Waals surface area contributed by atoms with Gasteiger partial charge in [0.25, 0.3) is 0 Å². The van der Waals surface area contributed by atoms with Gasteiger partial charge in [0.2, 0.25) is 11.8 Å². The Labute approximate surface area is 226 Å². The predicted molar refractivity (Wildman–Crippen MR) is 149 cm³/mol. The quantitative estimate of drug-likeness (QED) is 0.407. The van der Waals surface area contributed by atoms with Gasteiger partial charge in [-0.3, -0.25) is 9.59 Å². The van der Waals surface area contributed by atoms with Gasteiger partial charge < -0.3 is 25.4 Å². The SMILES string of the molecule is CCCC(C)NC(=O)C(c1cc(C)cc(C)c1)N(C)C(=O)C(Cc1ccc(O)cc1)NC(=O)OC(C)(C)C. The van der Waals surface area contributed by atoms with Gasteiger partial charge in [-0.2, -0.15) is 0 Å². The zero-order chi connectivity index (χ0) is 28.6.